The van der Waals surface area contributed by atoms with Gasteiger partial charge in [0.15, 0.2) is 0 Å². The van der Waals surface area contributed by atoms with Crippen LogP contribution in [-0.4, -0.2) is 48.8 Å². The van der Waals surface area contributed by atoms with E-state index in [1.807, 2.05) is 58.2 Å². The lowest BCUT2D eigenvalue weighted by Crippen LogP contribution is -2.38. The number of carbonyl (C=O) groups is 2. The molecule has 156 valence electrons. The first-order valence-corrected chi connectivity index (χ1v) is 10.1. The highest BCUT2D eigenvalue weighted by molar-refractivity contribution is 5.76. The Kier molecular flexibility index (Phi) is 8.30. The van der Waals surface area contributed by atoms with Gasteiger partial charge in [0.05, 0.1) is 12.1 Å². The molecular formula is C22H34N2O4. The van der Waals surface area contributed by atoms with Gasteiger partial charge in [-0.3, -0.25) is 4.79 Å². The number of amides is 2. The normalized spacial score (nSPS) is 18.2. The number of hydrogen-bond acceptors (Lipinski definition) is 4. The lowest BCUT2D eigenvalue weighted by atomic mass is 10.0. The predicted molar refractivity (Wildman–Crippen MR) is 109 cm³/mol. The molecule has 2 rings (SSSR count). The van der Waals surface area contributed by atoms with Crippen molar-refractivity contribution in [2.45, 2.75) is 70.6 Å². The highest BCUT2D eigenvalue weighted by Crippen LogP contribution is 2.21. The van der Waals surface area contributed by atoms with Gasteiger partial charge in [0.25, 0.3) is 0 Å². The van der Waals surface area contributed by atoms with Gasteiger partial charge in [-0.05, 0) is 52.0 Å². The summed E-state index contributed by atoms with van der Waals surface area (Å²) in [6.45, 7) is 6.89. The van der Waals surface area contributed by atoms with E-state index >= 15 is 0 Å². The number of hydrogen-bond donors (Lipinski definition) is 1. The van der Waals surface area contributed by atoms with Gasteiger partial charge in [-0.25, -0.2) is 4.79 Å². The zero-order valence-electron chi connectivity index (χ0n) is 17.6. The summed E-state index contributed by atoms with van der Waals surface area (Å²) < 4.78 is 11.1. The zero-order chi connectivity index (χ0) is 20.6. The molecule has 2 amide bonds. The molecule has 0 spiro atoms. The second-order valence-electron chi connectivity index (χ2n) is 8.41. The predicted octanol–water partition coefficient (Wildman–Crippen LogP) is 4.06. The summed E-state index contributed by atoms with van der Waals surface area (Å²) in [5, 5.41) is 2.91. The van der Waals surface area contributed by atoms with Crippen molar-refractivity contribution in [2.24, 2.45) is 0 Å². The van der Waals surface area contributed by atoms with E-state index in [2.05, 4.69) is 5.32 Å². The molecule has 0 saturated carbocycles. The number of rotatable bonds is 7. The van der Waals surface area contributed by atoms with Crippen LogP contribution in [0.1, 0.15) is 64.5 Å². The van der Waals surface area contributed by atoms with Crippen LogP contribution < -0.4 is 5.32 Å². The lowest BCUT2D eigenvalue weighted by Gasteiger charge is -2.28. The quantitative estimate of drug-likeness (QED) is 0.762. The number of nitrogens with one attached hydrogen (secondary N) is 1. The Morgan fingerprint density at radius 3 is 2.57 bits per heavy atom. The monoisotopic (exact) mass is 390 g/mol. The minimum atomic E-state index is -0.568. The molecular weight excluding hydrogens is 356 g/mol. The van der Waals surface area contributed by atoms with E-state index in [9.17, 15) is 9.59 Å². The molecule has 1 fully saturated rings. The summed E-state index contributed by atoms with van der Waals surface area (Å²) in [6, 6.07) is 9.40. The Labute approximate surface area is 168 Å². The average molecular weight is 391 g/mol. The first kappa shape index (κ1) is 22.2. The number of likely N-dealkylation sites (N-methyl/N-ethyl adjacent to an activating group) is 1. The van der Waals surface area contributed by atoms with Crippen molar-refractivity contribution in [1.82, 2.24) is 10.2 Å². The average Bonchev–Trinajstić information content (AvgIpc) is 2.65. The molecule has 1 heterocycles. The summed E-state index contributed by atoms with van der Waals surface area (Å²) in [5.74, 6) is 0.0566. The zero-order valence-corrected chi connectivity index (χ0v) is 17.6. The standard InChI is InChI=1S/C22H34N2O4/c1-22(2,3)28-21(26)23-19(17-10-6-5-7-11-17)13-14-20(25)24(4)16-18-12-8-9-15-27-18/h5-7,10-11,18-19H,8-9,12-16H2,1-4H3,(H,23,26). The van der Waals surface area contributed by atoms with Crippen molar-refractivity contribution >= 4 is 12.0 Å². The highest BCUT2D eigenvalue weighted by atomic mass is 16.6. The summed E-state index contributed by atoms with van der Waals surface area (Å²) in [7, 11) is 1.82. The maximum absolute atomic E-state index is 12.6. The third-order valence-corrected chi connectivity index (χ3v) is 4.72. The maximum atomic E-state index is 12.6. The van der Waals surface area contributed by atoms with E-state index in [1.54, 1.807) is 4.90 Å². The molecule has 1 aromatic carbocycles. The Morgan fingerprint density at radius 1 is 1.25 bits per heavy atom. The molecule has 1 N–H and O–H groups in total. The van der Waals surface area contributed by atoms with Crippen molar-refractivity contribution in [3.8, 4) is 0 Å². The Morgan fingerprint density at radius 2 is 1.96 bits per heavy atom. The smallest absolute Gasteiger partial charge is 0.408 e. The number of benzene rings is 1. The largest absolute Gasteiger partial charge is 0.444 e. The molecule has 6 nitrogen and oxygen atoms in total. The molecule has 0 aliphatic carbocycles. The van der Waals surface area contributed by atoms with Crippen molar-refractivity contribution in [1.29, 1.82) is 0 Å². The number of nitrogens with zero attached hydrogens (tertiary/aromatic N) is 1. The van der Waals surface area contributed by atoms with Gasteiger partial charge in [0, 0.05) is 26.6 Å². The van der Waals surface area contributed by atoms with Crippen molar-refractivity contribution in [3.63, 3.8) is 0 Å². The van der Waals surface area contributed by atoms with Crippen LogP contribution >= 0.6 is 0 Å². The third-order valence-electron chi connectivity index (χ3n) is 4.72. The molecule has 6 heteroatoms. The second-order valence-corrected chi connectivity index (χ2v) is 8.41. The molecule has 2 atom stereocenters. The SMILES string of the molecule is CN(CC1CCCCO1)C(=O)CCC(NC(=O)OC(C)(C)C)c1ccccc1. The van der Waals surface area contributed by atoms with Gasteiger partial charge in [-0.2, -0.15) is 0 Å². The van der Waals surface area contributed by atoms with E-state index in [-0.39, 0.29) is 18.1 Å². The summed E-state index contributed by atoms with van der Waals surface area (Å²) in [4.78, 5) is 26.6. The van der Waals surface area contributed by atoms with E-state index in [4.69, 9.17) is 9.47 Å². The summed E-state index contributed by atoms with van der Waals surface area (Å²) in [5.41, 5.74) is 0.390. The van der Waals surface area contributed by atoms with E-state index in [0.717, 1.165) is 31.4 Å². The number of alkyl carbamates (subject to hydrolysis) is 1. The summed E-state index contributed by atoms with van der Waals surface area (Å²) >= 11 is 0. The number of ether oxygens (including phenoxy) is 2. The topological polar surface area (TPSA) is 67.9 Å². The van der Waals surface area contributed by atoms with Crippen LogP contribution in [-0.2, 0) is 14.3 Å². The molecule has 1 aliphatic rings. The van der Waals surface area contributed by atoms with Gasteiger partial charge in [0.2, 0.25) is 5.91 Å². The molecule has 2 unspecified atom stereocenters. The molecule has 1 aromatic rings. The van der Waals surface area contributed by atoms with E-state index in [0.29, 0.717) is 19.4 Å². The van der Waals surface area contributed by atoms with E-state index < -0.39 is 11.7 Å². The fourth-order valence-corrected chi connectivity index (χ4v) is 3.27. The highest BCUT2D eigenvalue weighted by Gasteiger charge is 2.23. The number of carbonyl (C=O) groups excluding carboxylic acids is 2. The molecule has 0 radical (unpaired) electrons. The van der Waals surface area contributed by atoms with Gasteiger partial charge in [-0.1, -0.05) is 30.3 Å². The van der Waals surface area contributed by atoms with Crippen LogP contribution in [0.3, 0.4) is 0 Å². The minimum absolute atomic E-state index is 0.0566. The molecule has 0 aromatic heterocycles. The van der Waals surface area contributed by atoms with Gasteiger partial charge in [0.1, 0.15) is 5.60 Å². The molecule has 0 bridgehead atoms. The van der Waals surface area contributed by atoms with Crippen LogP contribution in [0, 0.1) is 0 Å². The summed E-state index contributed by atoms with van der Waals surface area (Å²) in [6.07, 6.45) is 3.78. The first-order valence-electron chi connectivity index (χ1n) is 10.1. The maximum Gasteiger partial charge on any atom is 0.408 e. The Hall–Kier alpha value is -2.08. The van der Waals surface area contributed by atoms with Crippen LogP contribution in [0.5, 0.6) is 0 Å². The minimum Gasteiger partial charge on any atom is -0.444 e. The van der Waals surface area contributed by atoms with Gasteiger partial charge >= 0.3 is 6.09 Å². The lowest BCUT2D eigenvalue weighted by molar-refractivity contribution is -0.132. The van der Waals surface area contributed by atoms with Crippen molar-refractivity contribution < 1.29 is 19.1 Å². The van der Waals surface area contributed by atoms with Crippen LogP contribution in [0.2, 0.25) is 0 Å². The fourth-order valence-electron chi connectivity index (χ4n) is 3.27. The molecule has 28 heavy (non-hydrogen) atoms. The van der Waals surface area contributed by atoms with Crippen LogP contribution in [0.25, 0.3) is 0 Å². The fraction of sp³-hybridized carbons (Fsp3) is 0.636. The second kappa shape index (κ2) is 10.5. The van der Waals surface area contributed by atoms with Crippen LogP contribution in [0.15, 0.2) is 30.3 Å². The first-order chi connectivity index (χ1) is 13.2. The Balaban J connectivity index is 1.92. The van der Waals surface area contributed by atoms with E-state index in [1.165, 1.54) is 0 Å². The molecule has 1 saturated heterocycles. The van der Waals surface area contributed by atoms with Crippen molar-refractivity contribution in [2.75, 3.05) is 20.2 Å². The van der Waals surface area contributed by atoms with Crippen LogP contribution in [0.4, 0.5) is 4.79 Å². The van der Waals surface area contributed by atoms with Gasteiger partial charge in [-0.15, -0.1) is 0 Å². The van der Waals surface area contributed by atoms with Gasteiger partial charge < -0.3 is 19.7 Å². The Bertz CT molecular complexity index is 621. The molecule has 1 aliphatic heterocycles. The third kappa shape index (κ3) is 7.89. The van der Waals surface area contributed by atoms with Crippen molar-refractivity contribution in [3.05, 3.63) is 35.9 Å².